The van der Waals surface area contributed by atoms with Gasteiger partial charge in [0.1, 0.15) is 0 Å². The molecule has 0 aromatic heterocycles. The van der Waals surface area contributed by atoms with Crippen LogP contribution in [0.2, 0.25) is 0 Å². The third-order valence-electron chi connectivity index (χ3n) is 3.67. The maximum absolute atomic E-state index is 11.4. The van der Waals surface area contributed by atoms with Crippen molar-refractivity contribution in [3.63, 3.8) is 0 Å². The zero-order valence-electron chi connectivity index (χ0n) is 11.5. The van der Waals surface area contributed by atoms with Crippen LogP contribution in [0.5, 0.6) is 0 Å². The largest absolute Gasteiger partial charge is 0.320 e. The maximum atomic E-state index is 11.4. The van der Waals surface area contributed by atoms with Crippen LogP contribution in [-0.4, -0.2) is 58.1 Å². The Morgan fingerprint density at radius 1 is 1.28 bits per heavy atom. The van der Waals surface area contributed by atoms with Crippen molar-refractivity contribution in [1.29, 1.82) is 0 Å². The van der Waals surface area contributed by atoms with Crippen LogP contribution in [0, 0.1) is 5.92 Å². The molecule has 6 heteroatoms. The SMILES string of the molecule is CCS(=O)(=O)CCN1CCC(CCNC)CC1.Cl. The third kappa shape index (κ3) is 6.92. The van der Waals surface area contributed by atoms with Crippen LogP contribution in [0.25, 0.3) is 0 Å². The van der Waals surface area contributed by atoms with E-state index in [1.54, 1.807) is 6.92 Å². The van der Waals surface area contributed by atoms with Gasteiger partial charge in [0.15, 0.2) is 9.84 Å². The number of nitrogens with zero attached hydrogens (tertiary/aromatic N) is 1. The van der Waals surface area contributed by atoms with Crippen molar-refractivity contribution >= 4 is 22.2 Å². The Bertz CT molecular complexity index is 301. The van der Waals surface area contributed by atoms with E-state index in [0.717, 1.165) is 32.1 Å². The summed E-state index contributed by atoms with van der Waals surface area (Å²) in [4.78, 5) is 2.29. The molecule has 0 amide bonds. The Kier molecular flexibility index (Phi) is 9.21. The van der Waals surface area contributed by atoms with E-state index in [2.05, 4.69) is 10.2 Å². The Morgan fingerprint density at radius 3 is 2.39 bits per heavy atom. The molecule has 0 aromatic carbocycles. The van der Waals surface area contributed by atoms with Gasteiger partial charge in [0.25, 0.3) is 0 Å². The molecule has 18 heavy (non-hydrogen) atoms. The molecule has 1 heterocycles. The molecule has 0 bridgehead atoms. The molecule has 0 unspecified atom stereocenters. The topological polar surface area (TPSA) is 49.4 Å². The lowest BCUT2D eigenvalue weighted by Gasteiger charge is -2.31. The fourth-order valence-corrected chi connectivity index (χ4v) is 3.08. The number of hydrogen-bond donors (Lipinski definition) is 1. The van der Waals surface area contributed by atoms with Crippen LogP contribution < -0.4 is 5.32 Å². The van der Waals surface area contributed by atoms with Crippen LogP contribution in [0.15, 0.2) is 0 Å². The van der Waals surface area contributed by atoms with E-state index in [1.807, 2.05) is 7.05 Å². The molecule has 0 spiro atoms. The van der Waals surface area contributed by atoms with E-state index in [1.165, 1.54) is 19.3 Å². The lowest BCUT2D eigenvalue weighted by Crippen LogP contribution is -2.37. The molecule has 0 saturated carbocycles. The summed E-state index contributed by atoms with van der Waals surface area (Å²) in [5.41, 5.74) is 0. The van der Waals surface area contributed by atoms with Gasteiger partial charge < -0.3 is 10.2 Å². The summed E-state index contributed by atoms with van der Waals surface area (Å²) in [5.74, 6) is 1.41. The summed E-state index contributed by atoms with van der Waals surface area (Å²) in [6.45, 7) is 5.66. The Morgan fingerprint density at radius 2 is 1.89 bits per heavy atom. The maximum Gasteiger partial charge on any atom is 0.151 e. The van der Waals surface area contributed by atoms with E-state index in [9.17, 15) is 8.42 Å². The van der Waals surface area contributed by atoms with Crippen molar-refractivity contribution in [2.75, 3.05) is 44.7 Å². The average Bonchev–Trinajstić information content (AvgIpc) is 2.35. The van der Waals surface area contributed by atoms with Crippen molar-refractivity contribution < 1.29 is 8.42 Å². The van der Waals surface area contributed by atoms with Crippen molar-refractivity contribution in [2.24, 2.45) is 5.92 Å². The van der Waals surface area contributed by atoms with E-state index in [4.69, 9.17) is 0 Å². The van der Waals surface area contributed by atoms with Gasteiger partial charge in [-0.15, -0.1) is 12.4 Å². The highest BCUT2D eigenvalue weighted by Gasteiger charge is 2.19. The fourth-order valence-electron chi connectivity index (χ4n) is 2.26. The first kappa shape index (κ1) is 18.2. The fraction of sp³-hybridized carbons (Fsp3) is 1.00. The number of rotatable bonds is 7. The molecule has 1 rings (SSSR count). The molecule has 1 aliphatic rings. The van der Waals surface area contributed by atoms with Gasteiger partial charge in [0, 0.05) is 12.3 Å². The minimum absolute atomic E-state index is 0. The molecule has 4 nitrogen and oxygen atoms in total. The molecule has 1 aliphatic heterocycles. The number of piperidine rings is 1. The highest BCUT2D eigenvalue weighted by atomic mass is 35.5. The predicted octanol–water partition coefficient (Wildman–Crippen LogP) is 1.16. The van der Waals surface area contributed by atoms with Gasteiger partial charge in [-0.05, 0) is 51.9 Å². The zero-order valence-corrected chi connectivity index (χ0v) is 13.2. The smallest absolute Gasteiger partial charge is 0.151 e. The second-order valence-electron chi connectivity index (χ2n) is 4.91. The molecule has 0 atom stereocenters. The van der Waals surface area contributed by atoms with Crippen LogP contribution in [-0.2, 0) is 9.84 Å². The van der Waals surface area contributed by atoms with Crippen molar-refractivity contribution in [3.05, 3.63) is 0 Å². The van der Waals surface area contributed by atoms with Crippen LogP contribution in [0.4, 0.5) is 0 Å². The minimum Gasteiger partial charge on any atom is -0.320 e. The second-order valence-corrected chi connectivity index (χ2v) is 7.39. The Hall–Kier alpha value is 0.160. The summed E-state index contributed by atoms with van der Waals surface area (Å²) in [6, 6.07) is 0. The van der Waals surface area contributed by atoms with Crippen molar-refractivity contribution in [3.8, 4) is 0 Å². The third-order valence-corrected chi connectivity index (χ3v) is 5.35. The number of nitrogens with one attached hydrogen (secondary N) is 1. The molecule has 1 N–H and O–H groups in total. The first-order valence-corrected chi connectivity index (χ1v) is 8.47. The van der Waals surface area contributed by atoms with Gasteiger partial charge in [-0.3, -0.25) is 0 Å². The molecule has 1 saturated heterocycles. The number of halogens is 1. The molecule has 0 aliphatic carbocycles. The number of sulfone groups is 1. The molecule has 0 aromatic rings. The zero-order chi connectivity index (χ0) is 12.7. The first-order chi connectivity index (χ1) is 8.07. The van der Waals surface area contributed by atoms with Crippen LogP contribution >= 0.6 is 12.4 Å². The summed E-state index contributed by atoms with van der Waals surface area (Å²) in [7, 11) is -0.807. The molecular weight excluding hydrogens is 272 g/mol. The van der Waals surface area contributed by atoms with Crippen LogP contribution in [0.1, 0.15) is 26.2 Å². The highest BCUT2D eigenvalue weighted by Crippen LogP contribution is 2.19. The Balaban J connectivity index is 0.00000289. The normalized spacial score (nSPS) is 18.6. The summed E-state index contributed by atoms with van der Waals surface area (Å²) in [6.07, 6.45) is 3.68. The second kappa shape index (κ2) is 9.13. The van der Waals surface area contributed by atoms with E-state index in [-0.39, 0.29) is 18.2 Å². The molecule has 0 radical (unpaired) electrons. The molecule has 1 fully saturated rings. The standard InChI is InChI=1S/C12H26N2O2S.ClH/c1-3-17(15,16)11-10-14-8-5-12(6-9-14)4-7-13-2;/h12-13H,3-11H2,1-2H3;1H. The predicted molar refractivity (Wildman–Crippen MR) is 79.3 cm³/mol. The summed E-state index contributed by atoms with van der Waals surface area (Å²) < 4.78 is 22.8. The highest BCUT2D eigenvalue weighted by molar-refractivity contribution is 7.91. The van der Waals surface area contributed by atoms with E-state index in [0.29, 0.717) is 5.75 Å². The van der Waals surface area contributed by atoms with Crippen LogP contribution in [0.3, 0.4) is 0 Å². The number of likely N-dealkylation sites (tertiary alicyclic amines) is 1. The monoisotopic (exact) mass is 298 g/mol. The quantitative estimate of drug-likeness (QED) is 0.766. The van der Waals surface area contributed by atoms with E-state index < -0.39 is 9.84 Å². The van der Waals surface area contributed by atoms with Gasteiger partial charge in [0.05, 0.1) is 5.75 Å². The van der Waals surface area contributed by atoms with Crippen molar-refractivity contribution in [1.82, 2.24) is 10.2 Å². The van der Waals surface area contributed by atoms with Gasteiger partial charge in [-0.25, -0.2) is 8.42 Å². The first-order valence-electron chi connectivity index (χ1n) is 6.64. The van der Waals surface area contributed by atoms with Gasteiger partial charge in [-0.1, -0.05) is 6.92 Å². The summed E-state index contributed by atoms with van der Waals surface area (Å²) in [5, 5.41) is 3.19. The lowest BCUT2D eigenvalue weighted by atomic mass is 9.94. The molecular formula is C12H27ClN2O2S. The van der Waals surface area contributed by atoms with Gasteiger partial charge >= 0.3 is 0 Å². The van der Waals surface area contributed by atoms with E-state index >= 15 is 0 Å². The Labute approximate surface area is 118 Å². The number of hydrogen-bond acceptors (Lipinski definition) is 4. The summed E-state index contributed by atoms with van der Waals surface area (Å²) >= 11 is 0. The van der Waals surface area contributed by atoms with Gasteiger partial charge in [-0.2, -0.15) is 0 Å². The molecule has 110 valence electrons. The lowest BCUT2D eigenvalue weighted by molar-refractivity contribution is 0.187. The van der Waals surface area contributed by atoms with Gasteiger partial charge in [0.2, 0.25) is 0 Å². The van der Waals surface area contributed by atoms with Crippen molar-refractivity contribution in [2.45, 2.75) is 26.2 Å². The average molecular weight is 299 g/mol. The minimum atomic E-state index is -2.80.